The number of hydrogen-bond acceptors (Lipinski definition) is 4. The summed E-state index contributed by atoms with van der Waals surface area (Å²) in [6, 6.07) is 0. The van der Waals surface area contributed by atoms with Gasteiger partial charge in [0.1, 0.15) is 11.6 Å². The summed E-state index contributed by atoms with van der Waals surface area (Å²) in [5, 5.41) is 3.29. The van der Waals surface area contributed by atoms with E-state index in [4.69, 9.17) is 11.6 Å². The lowest BCUT2D eigenvalue weighted by Crippen LogP contribution is -2.04. The number of anilines is 1. The van der Waals surface area contributed by atoms with Crippen LogP contribution in [-0.2, 0) is 6.54 Å². The molecule has 15 heavy (non-hydrogen) atoms. The predicted molar refractivity (Wildman–Crippen MR) is 60.7 cm³/mol. The van der Waals surface area contributed by atoms with E-state index < -0.39 is 0 Å². The summed E-state index contributed by atoms with van der Waals surface area (Å²) in [7, 11) is 0. The van der Waals surface area contributed by atoms with Crippen molar-refractivity contribution < 1.29 is 0 Å². The summed E-state index contributed by atoms with van der Waals surface area (Å²) >= 11 is 8.99. The average Bonchev–Trinajstić information content (AvgIpc) is 2.72. The maximum atomic E-state index is 5.67. The molecular weight excluding hydrogens is 281 g/mol. The number of rotatable bonds is 3. The van der Waals surface area contributed by atoms with Crippen molar-refractivity contribution in [3.63, 3.8) is 0 Å². The zero-order valence-corrected chi connectivity index (χ0v) is 9.88. The van der Waals surface area contributed by atoms with Crippen LogP contribution in [0.25, 0.3) is 0 Å². The van der Waals surface area contributed by atoms with E-state index in [1.54, 1.807) is 18.6 Å². The number of H-pyrrole nitrogens is 1. The van der Waals surface area contributed by atoms with E-state index in [0.29, 0.717) is 12.4 Å². The Bertz CT molecular complexity index is 444. The van der Waals surface area contributed by atoms with Crippen LogP contribution in [0, 0.1) is 0 Å². The van der Waals surface area contributed by atoms with Crippen molar-refractivity contribution in [1.82, 2.24) is 19.9 Å². The maximum absolute atomic E-state index is 5.67. The minimum atomic E-state index is 0.208. The second kappa shape index (κ2) is 4.59. The fourth-order valence-corrected chi connectivity index (χ4v) is 1.50. The quantitative estimate of drug-likeness (QED) is 0.850. The van der Waals surface area contributed by atoms with Crippen LogP contribution in [-0.4, -0.2) is 19.9 Å². The van der Waals surface area contributed by atoms with Crippen LogP contribution in [0.1, 0.15) is 5.82 Å². The van der Waals surface area contributed by atoms with Crippen LogP contribution in [0.2, 0.25) is 5.28 Å². The van der Waals surface area contributed by atoms with E-state index in [1.165, 1.54) is 0 Å². The lowest BCUT2D eigenvalue weighted by molar-refractivity contribution is 0.979. The number of halogens is 2. The zero-order chi connectivity index (χ0) is 10.7. The van der Waals surface area contributed by atoms with Gasteiger partial charge < -0.3 is 10.3 Å². The molecule has 0 saturated carbocycles. The fraction of sp³-hybridized carbons (Fsp3) is 0.125. The summed E-state index contributed by atoms with van der Waals surface area (Å²) in [5.74, 6) is 1.48. The molecule has 0 aromatic carbocycles. The smallest absolute Gasteiger partial charge is 0.224 e. The summed E-state index contributed by atoms with van der Waals surface area (Å²) in [4.78, 5) is 14.9. The minimum absolute atomic E-state index is 0.208. The van der Waals surface area contributed by atoms with Crippen molar-refractivity contribution in [2.45, 2.75) is 6.54 Å². The Morgan fingerprint density at radius 1 is 1.47 bits per heavy atom. The normalized spacial score (nSPS) is 10.3. The average molecular weight is 289 g/mol. The number of aromatic amines is 1. The predicted octanol–water partition coefficient (Wildman–Crippen LogP) is 2.23. The van der Waals surface area contributed by atoms with E-state index >= 15 is 0 Å². The van der Waals surface area contributed by atoms with Crippen LogP contribution >= 0.6 is 27.5 Å². The minimum Gasteiger partial charge on any atom is -0.362 e. The standard InChI is InChI=1S/C8H7BrClN5/c9-5-3-14-8(10)15-7(5)13-4-6-11-1-2-12-6/h1-3H,4H2,(H,11,12)(H,13,14,15). The Labute approximate surface area is 99.4 Å². The SMILES string of the molecule is Clc1ncc(Br)c(NCc2ncc[nH]2)n1. The van der Waals surface area contributed by atoms with Gasteiger partial charge in [-0.05, 0) is 27.5 Å². The fourth-order valence-electron chi connectivity index (χ4n) is 1.03. The molecule has 2 aromatic rings. The molecule has 5 nitrogen and oxygen atoms in total. The van der Waals surface area contributed by atoms with Gasteiger partial charge in [0.2, 0.25) is 5.28 Å². The molecule has 0 radical (unpaired) electrons. The summed E-state index contributed by atoms with van der Waals surface area (Å²) in [5.41, 5.74) is 0. The van der Waals surface area contributed by atoms with Gasteiger partial charge in [-0.2, -0.15) is 4.98 Å². The van der Waals surface area contributed by atoms with Crippen LogP contribution in [0.15, 0.2) is 23.1 Å². The van der Waals surface area contributed by atoms with Crippen molar-refractivity contribution in [3.8, 4) is 0 Å². The van der Waals surface area contributed by atoms with Gasteiger partial charge in [0.15, 0.2) is 0 Å². The number of nitrogens with one attached hydrogen (secondary N) is 2. The van der Waals surface area contributed by atoms with E-state index in [0.717, 1.165) is 10.3 Å². The second-order valence-corrected chi connectivity index (χ2v) is 3.92. The summed E-state index contributed by atoms with van der Waals surface area (Å²) in [6.07, 6.45) is 5.05. The largest absolute Gasteiger partial charge is 0.362 e. The van der Waals surface area contributed by atoms with Crippen LogP contribution in [0.3, 0.4) is 0 Å². The van der Waals surface area contributed by atoms with Gasteiger partial charge in [-0.25, -0.2) is 9.97 Å². The molecule has 2 heterocycles. The first-order valence-corrected chi connectivity index (χ1v) is 5.33. The molecule has 0 fully saturated rings. The molecule has 0 atom stereocenters. The Hall–Kier alpha value is -1.14. The monoisotopic (exact) mass is 287 g/mol. The third kappa shape index (κ3) is 2.66. The van der Waals surface area contributed by atoms with Crippen LogP contribution in [0.4, 0.5) is 5.82 Å². The Balaban J connectivity index is 2.07. The van der Waals surface area contributed by atoms with Gasteiger partial charge in [-0.1, -0.05) is 0 Å². The molecule has 2 rings (SSSR count). The number of hydrogen-bond donors (Lipinski definition) is 2. The highest BCUT2D eigenvalue weighted by molar-refractivity contribution is 9.10. The van der Waals surface area contributed by atoms with Crippen LogP contribution in [0.5, 0.6) is 0 Å². The molecule has 0 saturated heterocycles. The summed E-state index contributed by atoms with van der Waals surface area (Å²) < 4.78 is 0.762. The van der Waals surface area contributed by atoms with E-state index in [9.17, 15) is 0 Å². The highest BCUT2D eigenvalue weighted by Crippen LogP contribution is 2.20. The molecule has 0 spiro atoms. The number of nitrogens with zero attached hydrogens (tertiary/aromatic N) is 3. The van der Waals surface area contributed by atoms with Crippen molar-refractivity contribution in [2.24, 2.45) is 0 Å². The first-order chi connectivity index (χ1) is 7.25. The molecule has 0 unspecified atom stereocenters. The molecule has 2 aromatic heterocycles. The lowest BCUT2D eigenvalue weighted by Gasteiger charge is -2.05. The molecule has 0 amide bonds. The highest BCUT2D eigenvalue weighted by Gasteiger charge is 2.03. The van der Waals surface area contributed by atoms with Gasteiger partial charge in [0.25, 0.3) is 0 Å². The molecule has 7 heteroatoms. The van der Waals surface area contributed by atoms with Crippen molar-refractivity contribution in [3.05, 3.63) is 34.2 Å². The van der Waals surface area contributed by atoms with Crippen molar-refractivity contribution in [1.29, 1.82) is 0 Å². The van der Waals surface area contributed by atoms with E-state index in [-0.39, 0.29) is 5.28 Å². The third-order valence-electron chi connectivity index (χ3n) is 1.69. The van der Waals surface area contributed by atoms with E-state index in [1.807, 2.05) is 0 Å². The van der Waals surface area contributed by atoms with Gasteiger partial charge >= 0.3 is 0 Å². The molecule has 0 aliphatic rings. The maximum Gasteiger partial charge on any atom is 0.224 e. The zero-order valence-electron chi connectivity index (χ0n) is 7.54. The lowest BCUT2D eigenvalue weighted by atomic mass is 10.5. The Kier molecular flexibility index (Phi) is 3.17. The molecular formula is C8H7BrClN5. The number of aromatic nitrogens is 4. The molecule has 0 bridgehead atoms. The first-order valence-electron chi connectivity index (χ1n) is 4.16. The van der Waals surface area contributed by atoms with Gasteiger partial charge in [-0.15, -0.1) is 0 Å². The van der Waals surface area contributed by atoms with Crippen molar-refractivity contribution >= 4 is 33.3 Å². The second-order valence-electron chi connectivity index (χ2n) is 2.72. The van der Waals surface area contributed by atoms with Crippen molar-refractivity contribution in [2.75, 3.05) is 5.32 Å². The van der Waals surface area contributed by atoms with Gasteiger partial charge in [0.05, 0.1) is 11.0 Å². The first kappa shape index (κ1) is 10.4. The highest BCUT2D eigenvalue weighted by atomic mass is 79.9. The molecule has 0 aliphatic heterocycles. The topological polar surface area (TPSA) is 66.5 Å². The molecule has 2 N–H and O–H groups in total. The number of imidazole rings is 1. The van der Waals surface area contributed by atoms with Gasteiger partial charge in [-0.3, -0.25) is 0 Å². The van der Waals surface area contributed by atoms with E-state index in [2.05, 4.69) is 41.2 Å². The Morgan fingerprint density at radius 2 is 2.33 bits per heavy atom. The molecule has 0 aliphatic carbocycles. The Morgan fingerprint density at radius 3 is 3.07 bits per heavy atom. The van der Waals surface area contributed by atoms with Gasteiger partial charge in [0, 0.05) is 18.6 Å². The third-order valence-corrected chi connectivity index (χ3v) is 2.46. The van der Waals surface area contributed by atoms with Crippen LogP contribution < -0.4 is 5.32 Å². The molecule has 78 valence electrons. The summed E-state index contributed by atoms with van der Waals surface area (Å²) in [6.45, 7) is 0.555.